The number of halogens is 4. The number of hydrogen-bond acceptors (Lipinski definition) is 2. The Bertz CT molecular complexity index is 849. The second-order valence-electron chi connectivity index (χ2n) is 5.78. The van der Waals surface area contributed by atoms with Gasteiger partial charge in [-0.1, -0.05) is 23.7 Å². The summed E-state index contributed by atoms with van der Waals surface area (Å²) >= 11 is 11.0. The monoisotopic (exact) mass is 458 g/mol. The average molecular weight is 460 g/mol. The Labute approximate surface area is 170 Å². The van der Waals surface area contributed by atoms with Crippen LogP contribution in [0.25, 0.3) is 5.57 Å². The Balaban J connectivity index is 2.32. The quantitative estimate of drug-likeness (QED) is 0.262. The summed E-state index contributed by atoms with van der Waals surface area (Å²) in [7, 11) is 3.69. The normalized spacial score (nSPS) is 11.0. The van der Waals surface area contributed by atoms with E-state index in [0.717, 1.165) is 9.37 Å². The molecule has 0 bridgehead atoms. The molecular formula is C19H18BrClF2N2S. The van der Waals surface area contributed by atoms with Gasteiger partial charge in [0.2, 0.25) is 0 Å². The number of aliphatic imine (C=N–C) groups is 1. The zero-order chi connectivity index (χ0) is 19.3. The summed E-state index contributed by atoms with van der Waals surface area (Å²) in [5.41, 5.74) is 1.68. The lowest BCUT2D eigenvalue weighted by Crippen LogP contribution is -2.07. The molecule has 7 heteroatoms. The van der Waals surface area contributed by atoms with Crippen LogP contribution in [0, 0.1) is 6.92 Å². The largest absolute Gasteiger partial charge is 0.369 e. The number of hydrogen-bond donors (Lipinski definition) is 0. The molecule has 0 amide bonds. The Morgan fingerprint density at radius 1 is 1.27 bits per heavy atom. The van der Waals surface area contributed by atoms with Crippen molar-refractivity contribution in [3.8, 4) is 0 Å². The number of aryl methyl sites for hydroxylation is 1. The van der Waals surface area contributed by atoms with Gasteiger partial charge in [0.1, 0.15) is 0 Å². The van der Waals surface area contributed by atoms with E-state index >= 15 is 0 Å². The number of thioether (sulfide) groups is 1. The maximum atomic E-state index is 13.6. The van der Waals surface area contributed by atoms with Crippen LogP contribution < -0.4 is 0 Å². The van der Waals surface area contributed by atoms with Crippen molar-refractivity contribution in [2.75, 3.05) is 19.8 Å². The zero-order valence-corrected chi connectivity index (χ0v) is 17.7. The van der Waals surface area contributed by atoms with E-state index in [4.69, 9.17) is 11.6 Å². The predicted octanol–water partition coefficient (Wildman–Crippen LogP) is 7.03. The van der Waals surface area contributed by atoms with Crippen molar-refractivity contribution in [1.82, 2.24) is 4.90 Å². The van der Waals surface area contributed by atoms with Crippen LogP contribution in [0.4, 0.5) is 14.5 Å². The minimum atomic E-state index is -1.70. The summed E-state index contributed by atoms with van der Waals surface area (Å²) in [5.74, 6) is 0.141. The first-order chi connectivity index (χ1) is 12.3. The Morgan fingerprint density at radius 2 is 1.96 bits per heavy atom. The third kappa shape index (κ3) is 5.56. The van der Waals surface area contributed by atoms with E-state index < -0.39 is 6.08 Å². The fourth-order valence-electron chi connectivity index (χ4n) is 2.21. The molecule has 2 rings (SSSR count). The van der Waals surface area contributed by atoms with E-state index in [2.05, 4.69) is 20.9 Å². The third-order valence-electron chi connectivity index (χ3n) is 3.48. The fourth-order valence-corrected chi connectivity index (χ4v) is 4.00. The molecule has 2 nitrogen and oxygen atoms in total. The smallest absolute Gasteiger partial charge is 0.274 e. The molecule has 0 spiro atoms. The molecular weight excluding hydrogens is 442 g/mol. The van der Waals surface area contributed by atoms with Crippen LogP contribution in [0.15, 0.2) is 56.8 Å². The van der Waals surface area contributed by atoms with E-state index in [-0.39, 0.29) is 11.3 Å². The predicted molar refractivity (Wildman–Crippen MR) is 112 cm³/mol. The first-order valence-electron chi connectivity index (χ1n) is 7.72. The first kappa shape index (κ1) is 20.9. The molecule has 0 N–H and O–H groups in total. The highest BCUT2D eigenvalue weighted by atomic mass is 79.9. The molecule has 0 aliphatic heterocycles. The van der Waals surface area contributed by atoms with Gasteiger partial charge in [-0.15, -0.1) is 11.8 Å². The van der Waals surface area contributed by atoms with Gasteiger partial charge in [-0.2, -0.15) is 8.78 Å². The van der Waals surface area contributed by atoms with Crippen molar-refractivity contribution in [3.63, 3.8) is 0 Å². The summed E-state index contributed by atoms with van der Waals surface area (Å²) in [6.45, 7) is 1.78. The topological polar surface area (TPSA) is 15.6 Å². The minimum Gasteiger partial charge on any atom is -0.369 e. The molecule has 0 atom stereocenters. The van der Waals surface area contributed by atoms with Gasteiger partial charge in [-0.25, -0.2) is 4.99 Å². The molecule has 0 heterocycles. The van der Waals surface area contributed by atoms with Crippen LogP contribution >= 0.6 is 39.3 Å². The van der Waals surface area contributed by atoms with E-state index in [1.54, 1.807) is 30.3 Å². The maximum Gasteiger partial charge on any atom is 0.274 e. The molecule has 26 heavy (non-hydrogen) atoms. The number of rotatable bonds is 6. The Kier molecular flexibility index (Phi) is 7.68. The molecule has 0 aliphatic carbocycles. The van der Waals surface area contributed by atoms with Crippen LogP contribution in [0.5, 0.6) is 0 Å². The van der Waals surface area contributed by atoms with Gasteiger partial charge >= 0.3 is 0 Å². The third-order valence-corrected chi connectivity index (χ3v) is 5.84. The highest BCUT2D eigenvalue weighted by Gasteiger charge is 2.16. The number of benzene rings is 2. The van der Waals surface area contributed by atoms with Gasteiger partial charge in [-0.3, -0.25) is 0 Å². The van der Waals surface area contributed by atoms with E-state index in [1.165, 1.54) is 11.8 Å². The van der Waals surface area contributed by atoms with Crippen molar-refractivity contribution in [2.45, 2.75) is 11.8 Å². The molecule has 0 unspecified atom stereocenters. The molecule has 2 aromatic rings. The highest BCUT2D eigenvalue weighted by molar-refractivity contribution is 9.10. The van der Waals surface area contributed by atoms with Crippen LogP contribution in [0.1, 0.15) is 11.1 Å². The van der Waals surface area contributed by atoms with Crippen molar-refractivity contribution >= 4 is 56.9 Å². The molecule has 0 aromatic heterocycles. The lowest BCUT2D eigenvalue weighted by molar-refractivity contribution is 0.425. The van der Waals surface area contributed by atoms with Crippen molar-refractivity contribution < 1.29 is 8.78 Å². The molecule has 0 saturated carbocycles. The Hall–Kier alpha value is -1.37. The molecule has 138 valence electrons. The second kappa shape index (κ2) is 9.53. The van der Waals surface area contributed by atoms with Crippen molar-refractivity contribution in [3.05, 3.63) is 63.1 Å². The summed E-state index contributed by atoms with van der Waals surface area (Å²) < 4.78 is 28.1. The molecule has 2 aromatic carbocycles. The van der Waals surface area contributed by atoms with Gasteiger partial charge in [0.15, 0.2) is 0 Å². The summed E-state index contributed by atoms with van der Waals surface area (Å²) in [6, 6.07) is 10.8. The minimum absolute atomic E-state index is 0.0201. The van der Waals surface area contributed by atoms with Crippen LogP contribution in [0.3, 0.4) is 0 Å². The molecule has 0 saturated heterocycles. The first-order valence-corrected chi connectivity index (χ1v) is 9.88. The summed E-state index contributed by atoms with van der Waals surface area (Å²) in [4.78, 5) is 6.95. The van der Waals surface area contributed by atoms with Crippen molar-refractivity contribution in [1.29, 1.82) is 0 Å². The fraction of sp³-hybridized carbons (Fsp3) is 0.211. The summed E-state index contributed by atoms with van der Waals surface area (Å²) in [6.07, 6.45) is -0.0801. The lowest BCUT2D eigenvalue weighted by Gasteiger charge is -2.13. The van der Waals surface area contributed by atoms with Gasteiger partial charge in [0.25, 0.3) is 6.08 Å². The van der Waals surface area contributed by atoms with Crippen LogP contribution in [-0.2, 0) is 0 Å². The van der Waals surface area contributed by atoms with Gasteiger partial charge in [0.05, 0.1) is 17.0 Å². The summed E-state index contributed by atoms with van der Waals surface area (Å²) in [5, 5.41) is 0.341. The maximum absolute atomic E-state index is 13.6. The second-order valence-corrected chi connectivity index (χ2v) is 8.06. The standard InChI is InChI=1S/C19H18BrClF2N2S/c1-12-8-17(24-11-25(2)3)16(21)9-13(12)14(19(22)23)10-26-18-7-5-4-6-15(18)20/h4-9,11H,10H2,1-3H3. The SMILES string of the molecule is Cc1cc(N=CN(C)C)c(Cl)cc1C(CSc1ccccc1Br)=C(F)F. The highest BCUT2D eigenvalue weighted by Crippen LogP contribution is 2.37. The van der Waals surface area contributed by atoms with E-state index in [0.29, 0.717) is 21.8 Å². The van der Waals surface area contributed by atoms with E-state index in [9.17, 15) is 8.78 Å². The molecule has 0 fully saturated rings. The lowest BCUT2D eigenvalue weighted by atomic mass is 10.0. The van der Waals surface area contributed by atoms with Gasteiger partial charge in [-0.05, 0) is 58.2 Å². The van der Waals surface area contributed by atoms with Gasteiger partial charge in [0, 0.05) is 34.8 Å². The number of nitrogens with zero attached hydrogens (tertiary/aromatic N) is 2. The average Bonchev–Trinajstić information content (AvgIpc) is 2.57. The molecule has 0 radical (unpaired) electrons. The Morgan fingerprint density at radius 3 is 2.58 bits per heavy atom. The molecule has 0 aliphatic rings. The van der Waals surface area contributed by atoms with Crippen LogP contribution in [0.2, 0.25) is 5.02 Å². The van der Waals surface area contributed by atoms with Crippen molar-refractivity contribution in [2.24, 2.45) is 4.99 Å². The zero-order valence-electron chi connectivity index (χ0n) is 14.6. The van der Waals surface area contributed by atoms with Gasteiger partial charge < -0.3 is 4.90 Å². The van der Waals surface area contributed by atoms with Crippen LogP contribution in [-0.4, -0.2) is 31.1 Å². The van der Waals surface area contributed by atoms with E-state index in [1.807, 2.05) is 38.4 Å².